The van der Waals surface area contributed by atoms with Crippen molar-refractivity contribution in [2.24, 2.45) is 0 Å². The Kier molecular flexibility index (Phi) is 8.19. The highest BCUT2D eigenvalue weighted by Gasteiger charge is 2.36. The Bertz CT molecular complexity index is 206. The first-order valence-corrected chi connectivity index (χ1v) is 10.4. The lowest BCUT2D eigenvalue weighted by atomic mass is 10.2. The number of unbranched alkanes of at least 4 members (excludes halogenated alkanes) is 3. The predicted octanol–water partition coefficient (Wildman–Crippen LogP) is 5.52. The molecule has 0 unspecified atom stereocenters. The van der Waals surface area contributed by atoms with Crippen LogP contribution in [0.15, 0.2) is 10.2 Å². The number of halogens is 1. The third kappa shape index (κ3) is 7.07. The molecule has 0 heterocycles. The van der Waals surface area contributed by atoms with Gasteiger partial charge in [0.15, 0.2) is 8.32 Å². The number of rotatable bonds is 7. The van der Waals surface area contributed by atoms with Gasteiger partial charge in [-0.3, -0.25) is 0 Å². The van der Waals surface area contributed by atoms with Gasteiger partial charge in [0.05, 0.1) is 0 Å². The largest absolute Gasteiger partial charge is 0.417 e. The molecule has 96 valence electrons. The highest BCUT2D eigenvalue weighted by molar-refractivity contribution is 14.1. The van der Waals surface area contributed by atoms with Gasteiger partial charge in [-0.2, -0.15) is 0 Å². The molecule has 0 atom stereocenters. The van der Waals surface area contributed by atoms with Gasteiger partial charge >= 0.3 is 0 Å². The molecule has 0 aromatic rings. The lowest BCUT2D eigenvalue weighted by Gasteiger charge is -2.36. The summed E-state index contributed by atoms with van der Waals surface area (Å²) < 4.78 is 8.22. The third-order valence-corrected chi connectivity index (χ3v) is 8.42. The summed E-state index contributed by atoms with van der Waals surface area (Å²) in [5.41, 5.74) is 0. The first-order valence-electron chi connectivity index (χ1n) is 6.20. The van der Waals surface area contributed by atoms with Crippen molar-refractivity contribution in [1.82, 2.24) is 0 Å². The van der Waals surface area contributed by atoms with Crippen molar-refractivity contribution in [3.05, 3.63) is 10.2 Å². The second kappa shape index (κ2) is 7.87. The van der Waals surface area contributed by atoms with E-state index in [-0.39, 0.29) is 0 Å². The van der Waals surface area contributed by atoms with Crippen LogP contribution in [0.4, 0.5) is 0 Å². The topological polar surface area (TPSA) is 9.23 Å². The summed E-state index contributed by atoms with van der Waals surface area (Å²) in [6.07, 6.45) is 7.23. The molecule has 0 aromatic carbocycles. The van der Waals surface area contributed by atoms with Gasteiger partial charge in [0.25, 0.3) is 0 Å². The van der Waals surface area contributed by atoms with Crippen LogP contribution in [-0.4, -0.2) is 14.9 Å². The van der Waals surface area contributed by atoms with Gasteiger partial charge in [0, 0.05) is 6.61 Å². The van der Waals surface area contributed by atoms with Crippen molar-refractivity contribution in [3.63, 3.8) is 0 Å². The average molecular weight is 354 g/mol. The van der Waals surface area contributed by atoms with Crippen LogP contribution in [0, 0.1) is 0 Å². The van der Waals surface area contributed by atoms with Gasteiger partial charge in [-0.15, -0.1) is 0 Å². The van der Waals surface area contributed by atoms with E-state index >= 15 is 0 Å². The van der Waals surface area contributed by atoms with E-state index in [0.29, 0.717) is 5.04 Å². The van der Waals surface area contributed by atoms with Crippen LogP contribution in [0.3, 0.4) is 0 Å². The average Bonchev–Trinajstić information content (AvgIpc) is 2.14. The Morgan fingerprint density at radius 2 is 1.75 bits per heavy atom. The number of allylic oxidation sites excluding steroid dienone is 1. The molecule has 0 aliphatic heterocycles. The SMILES string of the molecule is CC(C)(C)[Si](C)(C)OCCCCC/C=C/I. The third-order valence-electron chi connectivity index (χ3n) is 3.37. The first kappa shape index (κ1) is 16.6. The van der Waals surface area contributed by atoms with E-state index < -0.39 is 8.32 Å². The molecule has 0 amide bonds. The zero-order chi connectivity index (χ0) is 12.7. The summed E-state index contributed by atoms with van der Waals surface area (Å²) in [5, 5.41) is 0.344. The second-order valence-corrected chi connectivity index (χ2v) is 11.3. The molecule has 0 rings (SSSR count). The van der Waals surface area contributed by atoms with E-state index in [4.69, 9.17) is 4.43 Å². The van der Waals surface area contributed by atoms with Crippen LogP contribution in [0.5, 0.6) is 0 Å². The molecule has 3 heteroatoms. The molecule has 0 radical (unpaired) electrons. The molecule has 0 bridgehead atoms. The maximum Gasteiger partial charge on any atom is 0.191 e. The van der Waals surface area contributed by atoms with Crippen LogP contribution in [-0.2, 0) is 4.43 Å². The molecule has 0 aromatic heterocycles. The lowest BCUT2D eigenvalue weighted by Crippen LogP contribution is -2.40. The molecule has 0 fully saturated rings. The van der Waals surface area contributed by atoms with Crippen LogP contribution in [0.25, 0.3) is 0 Å². The molecule has 16 heavy (non-hydrogen) atoms. The molecular weight excluding hydrogens is 327 g/mol. The fourth-order valence-electron chi connectivity index (χ4n) is 1.15. The molecule has 1 nitrogen and oxygen atoms in total. The summed E-state index contributed by atoms with van der Waals surface area (Å²) in [6, 6.07) is 0. The highest BCUT2D eigenvalue weighted by atomic mass is 127. The minimum atomic E-state index is -1.50. The van der Waals surface area contributed by atoms with Gasteiger partial charge in [-0.25, -0.2) is 0 Å². The summed E-state index contributed by atoms with van der Waals surface area (Å²) in [7, 11) is -1.50. The van der Waals surface area contributed by atoms with Gasteiger partial charge in [0.1, 0.15) is 0 Å². The number of hydrogen-bond acceptors (Lipinski definition) is 1. The highest BCUT2D eigenvalue weighted by Crippen LogP contribution is 2.36. The van der Waals surface area contributed by atoms with Crippen LogP contribution >= 0.6 is 22.6 Å². The normalized spacial score (nSPS) is 13.6. The van der Waals surface area contributed by atoms with Crippen molar-refractivity contribution >= 4 is 30.9 Å². The molecule has 0 saturated heterocycles. The van der Waals surface area contributed by atoms with Gasteiger partial charge < -0.3 is 4.43 Å². The molecule has 0 N–H and O–H groups in total. The zero-order valence-corrected chi connectivity index (χ0v) is 14.6. The summed E-state index contributed by atoms with van der Waals surface area (Å²) in [6.45, 7) is 12.5. The quantitative estimate of drug-likeness (QED) is 0.332. The van der Waals surface area contributed by atoms with E-state index in [9.17, 15) is 0 Å². The van der Waals surface area contributed by atoms with Crippen molar-refractivity contribution in [2.45, 2.75) is 64.6 Å². The van der Waals surface area contributed by atoms with Gasteiger partial charge in [-0.1, -0.05) is 55.9 Å². The Labute approximate surface area is 116 Å². The maximum absolute atomic E-state index is 6.12. The van der Waals surface area contributed by atoms with E-state index in [1.807, 2.05) is 0 Å². The van der Waals surface area contributed by atoms with Crippen molar-refractivity contribution in [1.29, 1.82) is 0 Å². The Balaban J connectivity index is 3.59. The lowest BCUT2D eigenvalue weighted by molar-refractivity contribution is 0.278. The Morgan fingerprint density at radius 1 is 1.12 bits per heavy atom. The van der Waals surface area contributed by atoms with E-state index in [0.717, 1.165) is 6.61 Å². The fourth-order valence-corrected chi connectivity index (χ4v) is 2.60. The standard InChI is InChI=1S/C13H27IOSi/c1-13(2,3)16(4,5)15-12-10-8-6-7-9-11-14/h9,11H,6-8,10,12H2,1-5H3/b11-9+. The fraction of sp³-hybridized carbons (Fsp3) is 0.846. The molecular formula is C13H27IOSi. The van der Waals surface area contributed by atoms with Crippen molar-refractivity contribution in [3.8, 4) is 0 Å². The van der Waals surface area contributed by atoms with Crippen LogP contribution in [0.1, 0.15) is 46.5 Å². The minimum Gasteiger partial charge on any atom is -0.417 e. The summed E-state index contributed by atoms with van der Waals surface area (Å²) in [4.78, 5) is 0. The summed E-state index contributed by atoms with van der Waals surface area (Å²) in [5.74, 6) is 0. The Morgan fingerprint density at radius 3 is 2.25 bits per heavy atom. The van der Waals surface area contributed by atoms with E-state index in [1.165, 1.54) is 25.7 Å². The minimum absolute atomic E-state index is 0.344. The van der Waals surface area contributed by atoms with E-state index in [1.54, 1.807) is 0 Å². The second-order valence-electron chi connectivity index (χ2n) is 5.82. The molecule has 0 aliphatic rings. The number of hydrogen-bond donors (Lipinski definition) is 0. The molecule has 0 aliphatic carbocycles. The summed E-state index contributed by atoms with van der Waals surface area (Å²) >= 11 is 2.28. The maximum atomic E-state index is 6.12. The first-order chi connectivity index (χ1) is 7.31. The van der Waals surface area contributed by atoms with Gasteiger partial charge in [0.2, 0.25) is 0 Å². The monoisotopic (exact) mass is 354 g/mol. The van der Waals surface area contributed by atoms with Gasteiger partial charge in [-0.05, 0) is 41.5 Å². The van der Waals surface area contributed by atoms with Crippen molar-refractivity contribution in [2.75, 3.05) is 6.61 Å². The predicted molar refractivity (Wildman–Crippen MR) is 84.8 cm³/mol. The van der Waals surface area contributed by atoms with Crippen molar-refractivity contribution < 1.29 is 4.43 Å². The molecule has 0 saturated carbocycles. The van der Waals surface area contributed by atoms with Crippen LogP contribution in [0.2, 0.25) is 18.1 Å². The smallest absolute Gasteiger partial charge is 0.191 e. The van der Waals surface area contributed by atoms with Crippen LogP contribution < -0.4 is 0 Å². The Hall–Kier alpha value is 0.647. The van der Waals surface area contributed by atoms with E-state index in [2.05, 4.69) is 66.6 Å². The molecule has 0 spiro atoms. The zero-order valence-electron chi connectivity index (χ0n) is 11.5.